The fourth-order valence-electron chi connectivity index (χ4n) is 2.32. The summed E-state index contributed by atoms with van der Waals surface area (Å²) in [5.74, 6) is -1.84. The van der Waals surface area contributed by atoms with Crippen LogP contribution in [0, 0.1) is 0 Å². The number of anilines is 2. The van der Waals surface area contributed by atoms with Crippen molar-refractivity contribution in [3.05, 3.63) is 65.1 Å². The molecule has 1 aromatic carbocycles. The summed E-state index contributed by atoms with van der Waals surface area (Å²) in [6.07, 6.45) is 0.207. The zero-order valence-electron chi connectivity index (χ0n) is 14.8. The van der Waals surface area contributed by atoms with Crippen molar-refractivity contribution in [2.45, 2.75) is 13.0 Å². The van der Waals surface area contributed by atoms with Crippen LogP contribution in [0.5, 0.6) is 0 Å². The summed E-state index contributed by atoms with van der Waals surface area (Å²) in [4.78, 5) is 40.6. The predicted molar refractivity (Wildman–Crippen MR) is 101 cm³/mol. The SMILES string of the molecule is C[C@@H](OC(=O)C1=C(Nc2ccccc2)OCC1=O)C(=O)Nc1ccc(Cl)cn1. The van der Waals surface area contributed by atoms with Crippen molar-refractivity contribution in [2.24, 2.45) is 0 Å². The number of hydrogen-bond acceptors (Lipinski definition) is 7. The molecule has 0 saturated heterocycles. The highest BCUT2D eigenvalue weighted by atomic mass is 35.5. The summed E-state index contributed by atoms with van der Waals surface area (Å²) in [5.41, 5.74) is 0.366. The van der Waals surface area contributed by atoms with Gasteiger partial charge in [-0.2, -0.15) is 0 Å². The fourth-order valence-corrected chi connectivity index (χ4v) is 2.43. The largest absolute Gasteiger partial charge is 0.470 e. The minimum absolute atomic E-state index is 0.00632. The average molecular weight is 402 g/mol. The number of hydrogen-bond donors (Lipinski definition) is 2. The van der Waals surface area contributed by atoms with Gasteiger partial charge in [0.2, 0.25) is 11.7 Å². The van der Waals surface area contributed by atoms with Gasteiger partial charge < -0.3 is 20.1 Å². The molecule has 28 heavy (non-hydrogen) atoms. The van der Waals surface area contributed by atoms with E-state index in [0.29, 0.717) is 10.7 Å². The number of para-hydroxylation sites is 1. The molecule has 144 valence electrons. The van der Waals surface area contributed by atoms with Gasteiger partial charge in [0.15, 0.2) is 18.3 Å². The number of esters is 1. The summed E-state index contributed by atoms with van der Waals surface area (Å²) in [7, 11) is 0. The van der Waals surface area contributed by atoms with Crippen LogP contribution in [0.1, 0.15) is 6.92 Å². The van der Waals surface area contributed by atoms with E-state index < -0.39 is 23.8 Å². The second-order valence-corrected chi connectivity index (χ2v) is 6.24. The van der Waals surface area contributed by atoms with E-state index in [9.17, 15) is 14.4 Å². The Labute approximate surface area is 165 Å². The Balaban J connectivity index is 1.67. The fraction of sp³-hybridized carbons (Fsp3) is 0.158. The maximum atomic E-state index is 12.4. The van der Waals surface area contributed by atoms with E-state index in [1.54, 1.807) is 30.3 Å². The van der Waals surface area contributed by atoms with Crippen molar-refractivity contribution in [3.8, 4) is 0 Å². The number of carbonyl (C=O) groups is 3. The molecule has 2 heterocycles. The Morgan fingerprint density at radius 2 is 1.96 bits per heavy atom. The van der Waals surface area contributed by atoms with Gasteiger partial charge in [-0.15, -0.1) is 0 Å². The lowest BCUT2D eigenvalue weighted by atomic mass is 10.2. The van der Waals surface area contributed by atoms with Crippen LogP contribution in [-0.4, -0.2) is 35.4 Å². The first kappa shape index (κ1) is 19.4. The Morgan fingerprint density at radius 3 is 2.64 bits per heavy atom. The molecule has 8 nitrogen and oxygen atoms in total. The number of carbonyl (C=O) groups excluding carboxylic acids is 3. The topological polar surface area (TPSA) is 107 Å². The molecule has 3 rings (SSSR count). The van der Waals surface area contributed by atoms with E-state index in [0.717, 1.165) is 0 Å². The van der Waals surface area contributed by atoms with Crippen molar-refractivity contribution in [1.29, 1.82) is 0 Å². The number of rotatable bonds is 6. The molecule has 0 unspecified atom stereocenters. The minimum atomic E-state index is -1.16. The molecular formula is C19H16ClN3O5. The highest BCUT2D eigenvalue weighted by molar-refractivity contribution is 6.30. The molecule has 1 atom stereocenters. The molecule has 0 saturated carbocycles. The van der Waals surface area contributed by atoms with Crippen molar-refractivity contribution in [3.63, 3.8) is 0 Å². The van der Waals surface area contributed by atoms with Crippen LogP contribution in [0.3, 0.4) is 0 Å². The van der Waals surface area contributed by atoms with Crippen LogP contribution in [0.15, 0.2) is 60.1 Å². The van der Waals surface area contributed by atoms with Gasteiger partial charge in [-0.3, -0.25) is 9.59 Å². The summed E-state index contributed by atoms with van der Waals surface area (Å²) in [6, 6.07) is 12.0. The van der Waals surface area contributed by atoms with Gasteiger partial charge in [0.1, 0.15) is 5.82 Å². The van der Waals surface area contributed by atoms with Gasteiger partial charge in [-0.25, -0.2) is 9.78 Å². The lowest BCUT2D eigenvalue weighted by molar-refractivity contribution is -0.150. The van der Waals surface area contributed by atoms with Gasteiger partial charge in [-0.05, 0) is 31.2 Å². The van der Waals surface area contributed by atoms with Crippen molar-refractivity contribution in [1.82, 2.24) is 4.98 Å². The highest BCUT2D eigenvalue weighted by Crippen LogP contribution is 2.21. The Kier molecular flexibility index (Phi) is 5.90. The molecule has 1 aliphatic rings. The van der Waals surface area contributed by atoms with Gasteiger partial charge in [0.25, 0.3) is 5.91 Å². The summed E-state index contributed by atoms with van der Waals surface area (Å²) < 4.78 is 10.4. The van der Waals surface area contributed by atoms with Crippen molar-refractivity contribution < 1.29 is 23.9 Å². The van der Waals surface area contributed by atoms with Crippen LogP contribution >= 0.6 is 11.6 Å². The maximum absolute atomic E-state index is 12.4. The number of pyridine rings is 1. The van der Waals surface area contributed by atoms with E-state index in [1.165, 1.54) is 19.2 Å². The minimum Gasteiger partial charge on any atom is -0.470 e. The molecule has 0 bridgehead atoms. The second kappa shape index (κ2) is 8.53. The van der Waals surface area contributed by atoms with E-state index in [2.05, 4.69) is 15.6 Å². The lowest BCUT2D eigenvalue weighted by Crippen LogP contribution is -2.31. The molecule has 9 heteroatoms. The Hall–Kier alpha value is -3.39. The predicted octanol–water partition coefficient (Wildman–Crippen LogP) is 2.53. The van der Waals surface area contributed by atoms with E-state index in [1.807, 2.05) is 6.07 Å². The van der Waals surface area contributed by atoms with E-state index in [4.69, 9.17) is 21.1 Å². The number of halogens is 1. The number of ether oxygens (including phenoxy) is 2. The highest BCUT2D eigenvalue weighted by Gasteiger charge is 2.34. The first-order valence-corrected chi connectivity index (χ1v) is 8.67. The van der Waals surface area contributed by atoms with Gasteiger partial charge in [-0.1, -0.05) is 29.8 Å². The Morgan fingerprint density at radius 1 is 1.21 bits per heavy atom. The van der Waals surface area contributed by atoms with Gasteiger partial charge >= 0.3 is 5.97 Å². The van der Waals surface area contributed by atoms with Crippen molar-refractivity contribution in [2.75, 3.05) is 17.2 Å². The standard InChI is InChI=1S/C19H16ClN3O5/c1-11(17(25)23-15-8-7-12(20)9-21-15)28-19(26)16-14(24)10-27-18(16)22-13-5-3-2-4-6-13/h2-9,11,22H,10H2,1H3,(H,21,23,25)/t11-/m1/s1. The molecule has 0 aliphatic carbocycles. The monoisotopic (exact) mass is 401 g/mol. The maximum Gasteiger partial charge on any atom is 0.348 e. The van der Waals surface area contributed by atoms with Crippen LogP contribution < -0.4 is 10.6 Å². The van der Waals surface area contributed by atoms with E-state index >= 15 is 0 Å². The Bertz CT molecular complexity index is 928. The number of nitrogens with one attached hydrogen (secondary N) is 2. The van der Waals surface area contributed by atoms with Crippen LogP contribution in [0.25, 0.3) is 0 Å². The smallest absolute Gasteiger partial charge is 0.348 e. The average Bonchev–Trinajstić information content (AvgIpc) is 3.04. The van der Waals surface area contributed by atoms with Crippen molar-refractivity contribution >= 4 is 40.8 Å². The molecule has 0 radical (unpaired) electrons. The normalized spacial score (nSPS) is 14.3. The zero-order valence-corrected chi connectivity index (χ0v) is 15.5. The molecule has 2 aromatic rings. The third kappa shape index (κ3) is 4.66. The number of Topliss-reactive ketones (excluding diaryl/α,β-unsaturated/α-hetero) is 1. The van der Waals surface area contributed by atoms with Crippen LogP contribution in [0.4, 0.5) is 11.5 Å². The quantitative estimate of drug-likeness (QED) is 0.565. The van der Waals surface area contributed by atoms with Gasteiger partial charge in [0.05, 0.1) is 5.02 Å². The molecule has 0 spiro atoms. The number of benzene rings is 1. The van der Waals surface area contributed by atoms with Crippen LogP contribution in [0.2, 0.25) is 5.02 Å². The summed E-state index contributed by atoms with van der Waals surface area (Å²) in [5, 5.41) is 5.77. The zero-order chi connectivity index (χ0) is 20.1. The molecule has 1 amide bonds. The first-order chi connectivity index (χ1) is 13.4. The number of amides is 1. The lowest BCUT2D eigenvalue weighted by Gasteiger charge is -2.14. The summed E-state index contributed by atoms with van der Waals surface area (Å²) in [6.45, 7) is 1.10. The number of ketones is 1. The third-order valence-electron chi connectivity index (χ3n) is 3.72. The van der Waals surface area contributed by atoms with E-state index in [-0.39, 0.29) is 23.9 Å². The molecule has 1 aliphatic heterocycles. The van der Waals surface area contributed by atoms with Crippen LogP contribution in [-0.2, 0) is 23.9 Å². The first-order valence-electron chi connectivity index (χ1n) is 8.30. The molecule has 2 N–H and O–H groups in total. The summed E-state index contributed by atoms with van der Waals surface area (Å²) >= 11 is 5.74. The molecule has 1 aromatic heterocycles. The second-order valence-electron chi connectivity index (χ2n) is 5.81. The number of nitrogens with zero attached hydrogens (tertiary/aromatic N) is 1. The number of aromatic nitrogens is 1. The molecular weight excluding hydrogens is 386 g/mol. The molecule has 0 fully saturated rings. The third-order valence-corrected chi connectivity index (χ3v) is 3.94. The van der Waals surface area contributed by atoms with Gasteiger partial charge in [0, 0.05) is 11.9 Å².